The number of hydrogen-bond acceptors (Lipinski definition) is 3. The number of carbonyl (C=O) groups excluding carboxylic acids is 1. The summed E-state index contributed by atoms with van der Waals surface area (Å²) in [6, 6.07) is 22.5. The fourth-order valence-corrected chi connectivity index (χ4v) is 5.63. The number of benzene rings is 3. The molecule has 4 aromatic rings. The van der Waals surface area contributed by atoms with Gasteiger partial charge in [0.15, 0.2) is 9.84 Å². The molecule has 0 saturated carbocycles. The van der Waals surface area contributed by atoms with E-state index in [2.05, 4.69) is 5.32 Å². The summed E-state index contributed by atoms with van der Waals surface area (Å²) in [5.74, 6) is -0.279. The lowest BCUT2D eigenvalue weighted by atomic mass is 10.1. The molecule has 0 saturated heterocycles. The molecule has 0 fully saturated rings. The Hall–Kier alpha value is -3.38. The number of sulfone groups is 1. The van der Waals surface area contributed by atoms with E-state index < -0.39 is 9.84 Å². The topological polar surface area (TPSA) is 68.2 Å². The Labute approximate surface area is 188 Å². The molecule has 164 valence electrons. The van der Waals surface area contributed by atoms with Crippen molar-refractivity contribution in [3.05, 3.63) is 95.7 Å². The van der Waals surface area contributed by atoms with Crippen LogP contribution in [0.4, 0.5) is 5.69 Å². The largest absolute Gasteiger partial charge is 0.337 e. The molecule has 6 heteroatoms. The van der Waals surface area contributed by atoms with Crippen molar-refractivity contribution in [1.82, 2.24) is 4.57 Å². The third-order valence-corrected chi connectivity index (χ3v) is 7.37. The number of aromatic nitrogens is 1. The smallest absolute Gasteiger partial charge is 0.244 e. The molecule has 0 atom stereocenters. The van der Waals surface area contributed by atoms with Crippen LogP contribution in [0.5, 0.6) is 0 Å². The Morgan fingerprint density at radius 2 is 1.56 bits per heavy atom. The van der Waals surface area contributed by atoms with E-state index in [1.54, 1.807) is 16.8 Å². The van der Waals surface area contributed by atoms with Gasteiger partial charge in [0.25, 0.3) is 0 Å². The molecular formula is C26H26N2O3S. The second-order valence-corrected chi connectivity index (χ2v) is 9.84. The van der Waals surface area contributed by atoms with Crippen LogP contribution in [0.3, 0.4) is 0 Å². The minimum Gasteiger partial charge on any atom is -0.337 e. The second-order valence-electron chi connectivity index (χ2n) is 7.88. The number of nitrogens with one attached hydrogen (secondary N) is 1. The zero-order valence-electron chi connectivity index (χ0n) is 18.2. The summed E-state index contributed by atoms with van der Waals surface area (Å²) in [5, 5.41) is 3.59. The SMILES string of the molecule is CCc1ccccc1NC(=O)Cn1cc(S(=O)(=O)Cc2ccccc2C)c2ccccc21. The lowest BCUT2D eigenvalue weighted by molar-refractivity contribution is -0.116. The summed E-state index contributed by atoms with van der Waals surface area (Å²) in [4.78, 5) is 13.1. The van der Waals surface area contributed by atoms with Crippen LogP contribution in [0, 0.1) is 6.92 Å². The lowest BCUT2D eigenvalue weighted by Crippen LogP contribution is -2.19. The Morgan fingerprint density at radius 3 is 2.31 bits per heavy atom. The first kappa shape index (κ1) is 21.8. The van der Waals surface area contributed by atoms with Crippen LogP contribution in [0.15, 0.2) is 83.9 Å². The Kier molecular flexibility index (Phi) is 6.15. The molecule has 0 spiro atoms. The highest BCUT2D eigenvalue weighted by atomic mass is 32.2. The average molecular weight is 447 g/mol. The van der Waals surface area contributed by atoms with E-state index in [-0.39, 0.29) is 23.1 Å². The number of nitrogens with zero attached hydrogens (tertiary/aromatic N) is 1. The van der Waals surface area contributed by atoms with Crippen molar-refractivity contribution < 1.29 is 13.2 Å². The van der Waals surface area contributed by atoms with Crippen LogP contribution in [0.1, 0.15) is 23.6 Å². The fourth-order valence-electron chi connectivity index (χ4n) is 3.94. The number of carbonyl (C=O) groups is 1. The predicted molar refractivity (Wildman–Crippen MR) is 128 cm³/mol. The maximum atomic E-state index is 13.3. The number of rotatable bonds is 7. The van der Waals surface area contributed by atoms with Crippen LogP contribution in [0.25, 0.3) is 10.9 Å². The number of para-hydroxylation sites is 2. The third kappa shape index (κ3) is 4.46. The zero-order valence-corrected chi connectivity index (χ0v) is 19.0. The van der Waals surface area contributed by atoms with E-state index in [0.29, 0.717) is 5.39 Å². The highest BCUT2D eigenvalue weighted by Crippen LogP contribution is 2.29. The predicted octanol–water partition coefficient (Wildman–Crippen LogP) is 5.12. The Balaban J connectivity index is 1.66. The van der Waals surface area contributed by atoms with E-state index in [9.17, 15) is 13.2 Å². The fraction of sp³-hybridized carbons (Fsp3) is 0.192. The first-order valence-electron chi connectivity index (χ1n) is 10.6. The van der Waals surface area contributed by atoms with Crippen molar-refractivity contribution in [2.75, 3.05) is 5.32 Å². The molecule has 0 bridgehead atoms. The summed E-state index contributed by atoms with van der Waals surface area (Å²) in [6.07, 6.45) is 2.40. The van der Waals surface area contributed by atoms with Gasteiger partial charge in [0.05, 0.1) is 10.6 Å². The van der Waals surface area contributed by atoms with Gasteiger partial charge in [-0.3, -0.25) is 4.79 Å². The monoisotopic (exact) mass is 446 g/mol. The molecular weight excluding hydrogens is 420 g/mol. The molecule has 0 radical (unpaired) electrons. The van der Waals surface area contributed by atoms with Crippen LogP contribution in [-0.2, 0) is 33.4 Å². The van der Waals surface area contributed by atoms with Gasteiger partial charge in [-0.2, -0.15) is 0 Å². The molecule has 1 amide bonds. The van der Waals surface area contributed by atoms with E-state index in [0.717, 1.165) is 34.3 Å². The molecule has 1 heterocycles. The molecule has 32 heavy (non-hydrogen) atoms. The van der Waals surface area contributed by atoms with Gasteiger partial charge in [0, 0.05) is 22.8 Å². The highest BCUT2D eigenvalue weighted by Gasteiger charge is 2.23. The molecule has 0 aliphatic carbocycles. The van der Waals surface area contributed by atoms with Crippen molar-refractivity contribution in [2.45, 2.75) is 37.5 Å². The first-order chi connectivity index (χ1) is 15.4. The molecule has 0 aliphatic rings. The second kappa shape index (κ2) is 9.01. The van der Waals surface area contributed by atoms with E-state index in [4.69, 9.17) is 0 Å². The Bertz CT molecular complexity index is 1390. The van der Waals surface area contributed by atoms with Gasteiger partial charge in [-0.15, -0.1) is 0 Å². The summed E-state index contributed by atoms with van der Waals surface area (Å²) < 4.78 is 28.4. The van der Waals surface area contributed by atoms with Gasteiger partial charge >= 0.3 is 0 Å². The minimum absolute atomic E-state index is 0.0262. The molecule has 5 nitrogen and oxygen atoms in total. The summed E-state index contributed by atoms with van der Waals surface area (Å²) >= 11 is 0. The van der Waals surface area contributed by atoms with Crippen molar-refractivity contribution in [1.29, 1.82) is 0 Å². The minimum atomic E-state index is -3.60. The van der Waals surface area contributed by atoms with Crippen molar-refractivity contribution in [3.63, 3.8) is 0 Å². The molecule has 3 aromatic carbocycles. The van der Waals surface area contributed by atoms with Gasteiger partial charge in [-0.05, 0) is 42.2 Å². The van der Waals surface area contributed by atoms with Gasteiger partial charge in [-0.25, -0.2) is 8.42 Å². The summed E-state index contributed by atoms with van der Waals surface area (Å²) in [5.41, 5.74) is 4.27. The molecule has 0 unspecified atom stereocenters. The van der Waals surface area contributed by atoms with E-state index in [1.807, 2.05) is 80.6 Å². The number of hydrogen-bond donors (Lipinski definition) is 1. The summed E-state index contributed by atoms with van der Waals surface area (Å²) in [7, 11) is -3.60. The van der Waals surface area contributed by atoms with Crippen molar-refractivity contribution in [3.8, 4) is 0 Å². The maximum Gasteiger partial charge on any atom is 0.244 e. The van der Waals surface area contributed by atoms with Crippen LogP contribution < -0.4 is 5.32 Å². The zero-order chi connectivity index (χ0) is 22.7. The molecule has 1 N–H and O–H groups in total. The standard InChI is InChI=1S/C26H26N2O3S/c1-3-20-11-6-8-14-23(20)27-26(29)17-28-16-25(22-13-7-9-15-24(22)28)32(30,31)18-21-12-5-4-10-19(21)2/h4-16H,3,17-18H2,1-2H3,(H,27,29). The highest BCUT2D eigenvalue weighted by molar-refractivity contribution is 7.90. The van der Waals surface area contributed by atoms with Crippen LogP contribution in [-0.4, -0.2) is 18.9 Å². The normalized spacial score (nSPS) is 11.6. The lowest BCUT2D eigenvalue weighted by Gasteiger charge is -2.10. The maximum absolute atomic E-state index is 13.3. The van der Waals surface area contributed by atoms with Crippen LogP contribution >= 0.6 is 0 Å². The first-order valence-corrected chi connectivity index (χ1v) is 12.3. The van der Waals surface area contributed by atoms with Crippen molar-refractivity contribution >= 4 is 32.3 Å². The third-order valence-electron chi connectivity index (χ3n) is 5.68. The van der Waals surface area contributed by atoms with E-state index in [1.165, 1.54) is 0 Å². The Morgan fingerprint density at radius 1 is 0.906 bits per heavy atom. The van der Waals surface area contributed by atoms with Gasteiger partial charge in [0.2, 0.25) is 5.91 Å². The van der Waals surface area contributed by atoms with Crippen molar-refractivity contribution in [2.24, 2.45) is 0 Å². The van der Waals surface area contributed by atoms with Gasteiger partial charge in [-0.1, -0.05) is 67.6 Å². The van der Waals surface area contributed by atoms with Crippen LogP contribution in [0.2, 0.25) is 0 Å². The van der Waals surface area contributed by atoms with Gasteiger partial charge in [0.1, 0.15) is 6.54 Å². The summed E-state index contributed by atoms with van der Waals surface area (Å²) in [6.45, 7) is 3.97. The van der Waals surface area contributed by atoms with Gasteiger partial charge < -0.3 is 9.88 Å². The number of amides is 1. The average Bonchev–Trinajstić information content (AvgIpc) is 3.15. The molecule has 1 aromatic heterocycles. The quantitative estimate of drug-likeness (QED) is 0.428. The number of fused-ring (bicyclic) bond motifs is 1. The number of anilines is 1. The molecule has 4 rings (SSSR count). The van der Waals surface area contributed by atoms with E-state index >= 15 is 0 Å². The number of aryl methyl sites for hydroxylation is 2. The molecule has 0 aliphatic heterocycles.